The molecule has 8 heteroatoms. The summed E-state index contributed by atoms with van der Waals surface area (Å²) in [6.45, 7) is 0.280. The molecule has 0 bridgehead atoms. The lowest BCUT2D eigenvalue weighted by molar-refractivity contribution is 0.0642. The maximum absolute atomic E-state index is 13.2. The third-order valence-corrected chi connectivity index (χ3v) is 4.96. The van der Waals surface area contributed by atoms with Gasteiger partial charge in [-0.15, -0.1) is 0 Å². The molecule has 3 amide bonds. The zero-order valence-corrected chi connectivity index (χ0v) is 16.8. The van der Waals surface area contributed by atoms with Gasteiger partial charge in [-0.2, -0.15) is 0 Å². The average Bonchev–Trinajstić information content (AvgIpc) is 3.04. The van der Waals surface area contributed by atoms with Crippen molar-refractivity contribution in [2.75, 3.05) is 13.2 Å². The van der Waals surface area contributed by atoms with Crippen LogP contribution in [0.1, 0.15) is 36.6 Å². The zero-order valence-electron chi connectivity index (χ0n) is 16.8. The lowest BCUT2D eigenvalue weighted by atomic mass is 10.1. The molecule has 1 N–H and O–H groups in total. The van der Waals surface area contributed by atoms with Crippen molar-refractivity contribution in [3.05, 3.63) is 101 Å². The van der Waals surface area contributed by atoms with Gasteiger partial charge in [0.15, 0.2) is 11.6 Å². The van der Waals surface area contributed by atoms with Gasteiger partial charge in [-0.3, -0.25) is 19.3 Å². The van der Waals surface area contributed by atoms with Crippen LogP contribution in [0.15, 0.2) is 66.7 Å². The van der Waals surface area contributed by atoms with Crippen molar-refractivity contribution in [2.45, 2.75) is 6.54 Å². The summed E-state index contributed by atoms with van der Waals surface area (Å²) in [6, 6.07) is 16.6. The third-order valence-electron chi connectivity index (χ3n) is 4.96. The number of benzene rings is 3. The fraction of sp³-hybridized carbons (Fsp3) is 0.125. The standard InChI is InChI=1S/C24H18F2N2O4/c25-20-9-7-17(13-21(20)26)32-11-10-27-22(29)16-6-8-18-19(12-16)24(31)28(23(18)30)14-15-4-2-1-3-5-15/h1-9,12-13H,10-11,14H2,(H,27,29). The van der Waals surface area contributed by atoms with E-state index in [1.54, 1.807) is 0 Å². The van der Waals surface area contributed by atoms with Crippen LogP contribution in [0.25, 0.3) is 0 Å². The van der Waals surface area contributed by atoms with E-state index >= 15 is 0 Å². The molecule has 0 saturated heterocycles. The summed E-state index contributed by atoms with van der Waals surface area (Å²) in [5, 5.41) is 2.62. The van der Waals surface area contributed by atoms with Crippen molar-refractivity contribution in [1.82, 2.24) is 10.2 Å². The fourth-order valence-electron chi connectivity index (χ4n) is 3.34. The van der Waals surface area contributed by atoms with Crippen LogP contribution >= 0.6 is 0 Å². The minimum absolute atomic E-state index is 0.0318. The Morgan fingerprint density at radius 2 is 1.62 bits per heavy atom. The number of fused-ring (bicyclic) bond motifs is 1. The van der Waals surface area contributed by atoms with Gasteiger partial charge in [-0.1, -0.05) is 30.3 Å². The number of hydrogen-bond donors (Lipinski definition) is 1. The van der Waals surface area contributed by atoms with Crippen molar-refractivity contribution in [1.29, 1.82) is 0 Å². The average molecular weight is 436 g/mol. The molecule has 0 atom stereocenters. The molecule has 1 aliphatic heterocycles. The number of rotatable bonds is 7. The molecule has 32 heavy (non-hydrogen) atoms. The molecule has 1 aliphatic rings. The second kappa shape index (κ2) is 8.97. The molecule has 0 spiro atoms. The van der Waals surface area contributed by atoms with Crippen molar-refractivity contribution in [3.8, 4) is 5.75 Å². The summed E-state index contributed by atoms with van der Waals surface area (Å²) >= 11 is 0. The van der Waals surface area contributed by atoms with Crippen molar-refractivity contribution in [2.24, 2.45) is 0 Å². The van der Waals surface area contributed by atoms with Crippen LogP contribution in [0.2, 0.25) is 0 Å². The number of nitrogens with zero attached hydrogens (tertiary/aromatic N) is 1. The number of ether oxygens (including phenoxy) is 1. The molecule has 0 aromatic heterocycles. The van der Waals surface area contributed by atoms with E-state index in [1.165, 1.54) is 24.3 Å². The normalized spacial score (nSPS) is 12.6. The van der Waals surface area contributed by atoms with Crippen LogP contribution < -0.4 is 10.1 Å². The van der Waals surface area contributed by atoms with Gasteiger partial charge in [-0.05, 0) is 35.9 Å². The molecule has 4 rings (SSSR count). The Morgan fingerprint density at radius 1 is 0.875 bits per heavy atom. The van der Waals surface area contributed by atoms with E-state index < -0.39 is 29.4 Å². The van der Waals surface area contributed by atoms with E-state index in [0.717, 1.165) is 22.6 Å². The van der Waals surface area contributed by atoms with E-state index in [1.807, 2.05) is 30.3 Å². The van der Waals surface area contributed by atoms with Gasteiger partial charge in [0.1, 0.15) is 12.4 Å². The predicted octanol–water partition coefficient (Wildman–Crippen LogP) is 3.57. The van der Waals surface area contributed by atoms with Crippen molar-refractivity contribution in [3.63, 3.8) is 0 Å². The number of amides is 3. The first-order valence-electron chi connectivity index (χ1n) is 9.84. The first-order chi connectivity index (χ1) is 15.4. The minimum atomic E-state index is -1.02. The van der Waals surface area contributed by atoms with Gasteiger partial charge in [0, 0.05) is 11.6 Å². The van der Waals surface area contributed by atoms with Gasteiger partial charge in [0.05, 0.1) is 24.2 Å². The van der Waals surface area contributed by atoms with E-state index in [-0.39, 0.29) is 42.1 Å². The highest BCUT2D eigenvalue weighted by molar-refractivity contribution is 6.22. The molecule has 3 aromatic rings. The van der Waals surface area contributed by atoms with E-state index in [2.05, 4.69) is 5.32 Å². The van der Waals surface area contributed by atoms with Gasteiger partial charge in [0.2, 0.25) is 0 Å². The summed E-state index contributed by atoms with van der Waals surface area (Å²) in [6.07, 6.45) is 0. The third kappa shape index (κ3) is 4.34. The SMILES string of the molecule is O=C(NCCOc1ccc(F)c(F)c1)c1ccc2c(c1)C(=O)N(Cc1ccccc1)C2=O. The van der Waals surface area contributed by atoms with Crippen LogP contribution in [-0.2, 0) is 6.54 Å². The number of nitrogens with one attached hydrogen (secondary N) is 1. The van der Waals surface area contributed by atoms with E-state index in [4.69, 9.17) is 4.74 Å². The maximum atomic E-state index is 13.2. The highest BCUT2D eigenvalue weighted by Crippen LogP contribution is 2.25. The van der Waals surface area contributed by atoms with Crippen molar-refractivity contribution >= 4 is 17.7 Å². The molecule has 0 unspecified atom stereocenters. The van der Waals surface area contributed by atoms with Gasteiger partial charge < -0.3 is 10.1 Å². The Hall–Kier alpha value is -4.07. The molecule has 0 fully saturated rings. The van der Waals surface area contributed by atoms with E-state index in [9.17, 15) is 23.2 Å². The van der Waals surface area contributed by atoms with Gasteiger partial charge >= 0.3 is 0 Å². The molecule has 3 aromatic carbocycles. The molecular weight excluding hydrogens is 418 g/mol. The Labute approximate surface area is 182 Å². The summed E-state index contributed by atoms with van der Waals surface area (Å²) in [5.41, 5.74) is 1.47. The zero-order chi connectivity index (χ0) is 22.7. The second-order valence-electron chi connectivity index (χ2n) is 7.12. The van der Waals surface area contributed by atoms with Crippen LogP contribution in [0.4, 0.5) is 8.78 Å². The molecule has 6 nitrogen and oxygen atoms in total. The molecule has 0 saturated carbocycles. The molecular formula is C24H18F2N2O4. The first-order valence-corrected chi connectivity index (χ1v) is 9.84. The largest absolute Gasteiger partial charge is 0.492 e. The topological polar surface area (TPSA) is 75.7 Å². The highest BCUT2D eigenvalue weighted by atomic mass is 19.2. The number of carbonyl (C=O) groups is 3. The fourth-order valence-corrected chi connectivity index (χ4v) is 3.34. The monoisotopic (exact) mass is 436 g/mol. The Bertz CT molecular complexity index is 1200. The second-order valence-corrected chi connectivity index (χ2v) is 7.12. The lowest BCUT2D eigenvalue weighted by Crippen LogP contribution is -2.29. The quantitative estimate of drug-likeness (QED) is 0.454. The Morgan fingerprint density at radius 3 is 2.38 bits per heavy atom. The van der Waals surface area contributed by atoms with Crippen LogP contribution in [0.3, 0.4) is 0 Å². The number of imide groups is 1. The van der Waals surface area contributed by atoms with Gasteiger partial charge in [0.25, 0.3) is 17.7 Å². The molecule has 162 valence electrons. The molecule has 0 radical (unpaired) electrons. The van der Waals surface area contributed by atoms with Crippen LogP contribution in [-0.4, -0.2) is 35.8 Å². The van der Waals surface area contributed by atoms with Crippen LogP contribution in [0.5, 0.6) is 5.75 Å². The number of hydrogen-bond acceptors (Lipinski definition) is 4. The highest BCUT2D eigenvalue weighted by Gasteiger charge is 2.35. The first kappa shape index (κ1) is 21.2. The predicted molar refractivity (Wildman–Crippen MR) is 111 cm³/mol. The summed E-state index contributed by atoms with van der Waals surface area (Å²) < 4.78 is 31.4. The summed E-state index contributed by atoms with van der Waals surface area (Å²) in [7, 11) is 0. The summed E-state index contributed by atoms with van der Waals surface area (Å²) in [4.78, 5) is 39.0. The molecule has 1 heterocycles. The van der Waals surface area contributed by atoms with E-state index in [0.29, 0.717) is 0 Å². The maximum Gasteiger partial charge on any atom is 0.261 e. The van der Waals surface area contributed by atoms with Crippen LogP contribution in [0, 0.1) is 11.6 Å². The summed E-state index contributed by atoms with van der Waals surface area (Å²) in [5.74, 6) is -3.17. The lowest BCUT2D eigenvalue weighted by Gasteiger charge is -2.13. The number of carbonyl (C=O) groups excluding carboxylic acids is 3. The number of halogens is 2. The van der Waals surface area contributed by atoms with Gasteiger partial charge in [-0.25, -0.2) is 8.78 Å². The van der Waals surface area contributed by atoms with Crippen molar-refractivity contribution < 1.29 is 27.9 Å². The Kier molecular flexibility index (Phi) is 5.93. The smallest absolute Gasteiger partial charge is 0.261 e. The minimum Gasteiger partial charge on any atom is -0.492 e. The molecule has 0 aliphatic carbocycles. The Balaban J connectivity index is 1.37.